The summed E-state index contributed by atoms with van der Waals surface area (Å²) >= 11 is 3.41. The molecule has 4 heteroatoms. The molecule has 0 spiro atoms. The molecule has 0 saturated heterocycles. The standard InChI is InChI=1S/C12H14BrF3/c1-8(2)11(13)7-9-5-3-4-6-10(9)12(14,15)16/h3-6,8,11H,7H2,1-2H3. The van der Waals surface area contributed by atoms with E-state index in [0.29, 0.717) is 17.9 Å². The van der Waals surface area contributed by atoms with Crippen molar-refractivity contribution in [2.45, 2.75) is 31.3 Å². The van der Waals surface area contributed by atoms with Crippen molar-refractivity contribution in [2.75, 3.05) is 0 Å². The van der Waals surface area contributed by atoms with Crippen molar-refractivity contribution in [3.05, 3.63) is 35.4 Å². The average Bonchev–Trinajstić information content (AvgIpc) is 2.16. The van der Waals surface area contributed by atoms with E-state index < -0.39 is 11.7 Å². The highest BCUT2D eigenvalue weighted by Gasteiger charge is 2.33. The van der Waals surface area contributed by atoms with Gasteiger partial charge in [0.1, 0.15) is 0 Å². The van der Waals surface area contributed by atoms with Crippen LogP contribution >= 0.6 is 15.9 Å². The van der Waals surface area contributed by atoms with Gasteiger partial charge in [-0.2, -0.15) is 13.2 Å². The molecular weight excluding hydrogens is 281 g/mol. The van der Waals surface area contributed by atoms with Crippen LogP contribution in [0.25, 0.3) is 0 Å². The third kappa shape index (κ3) is 3.51. The van der Waals surface area contributed by atoms with Gasteiger partial charge in [-0.25, -0.2) is 0 Å². The van der Waals surface area contributed by atoms with Gasteiger partial charge in [0.2, 0.25) is 0 Å². The minimum Gasteiger partial charge on any atom is -0.166 e. The average molecular weight is 295 g/mol. The van der Waals surface area contributed by atoms with Gasteiger partial charge in [-0.1, -0.05) is 48.0 Å². The van der Waals surface area contributed by atoms with Gasteiger partial charge in [0.25, 0.3) is 0 Å². The highest BCUT2D eigenvalue weighted by molar-refractivity contribution is 9.09. The lowest BCUT2D eigenvalue weighted by molar-refractivity contribution is -0.138. The van der Waals surface area contributed by atoms with E-state index in [1.807, 2.05) is 13.8 Å². The van der Waals surface area contributed by atoms with Gasteiger partial charge in [0.05, 0.1) is 5.56 Å². The maximum Gasteiger partial charge on any atom is 0.416 e. The maximum absolute atomic E-state index is 12.7. The Hall–Kier alpha value is -0.510. The third-order valence-corrected chi connectivity index (χ3v) is 3.84. The first-order valence-corrected chi connectivity index (χ1v) is 6.03. The van der Waals surface area contributed by atoms with Gasteiger partial charge in [0, 0.05) is 4.83 Å². The molecule has 16 heavy (non-hydrogen) atoms. The fourth-order valence-corrected chi connectivity index (χ4v) is 1.77. The Morgan fingerprint density at radius 2 is 1.75 bits per heavy atom. The summed E-state index contributed by atoms with van der Waals surface area (Å²) in [7, 11) is 0. The maximum atomic E-state index is 12.7. The number of rotatable bonds is 3. The molecular formula is C12H14BrF3. The van der Waals surface area contributed by atoms with E-state index in [4.69, 9.17) is 0 Å². The Kier molecular flexibility index (Phi) is 4.42. The second-order valence-electron chi connectivity index (χ2n) is 4.12. The molecule has 1 unspecified atom stereocenters. The van der Waals surface area contributed by atoms with Crippen molar-refractivity contribution in [1.82, 2.24) is 0 Å². The highest BCUT2D eigenvalue weighted by atomic mass is 79.9. The van der Waals surface area contributed by atoms with E-state index in [-0.39, 0.29) is 4.83 Å². The molecule has 0 amide bonds. The summed E-state index contributed by atoms with van der Waals surface area (Å²) in [5, 5.41) is 0. The fourth-order valence-electron chi connectivity index (χ4n) is 1.42. The zero-order valence-corrected chi connectivity index (χ0v) is 10.8. The van der Waals surface area contributed by atoms with Crippen LogP contribution in [0.3, 0.4) is 0 Å². The molecule has 0 aliphatic rings. The summed E-state index contributed by atoms with van der Waals surface area (Å²) < 4.78 is 38.1. The predicted octanol–water partition coefficient (Wildman–Crippen LogP) is 4.67. The minimum atomic E-state index is -4.26. The van der Waals surface area contributed by atoms with Gasteiger partial charge in [0.15, 0.2) is 0 Å². The first kappa shape index (κ1) is 13.6. The normalized spacial score (nSPS) is 14.2. The third-order valence-electron chi connectivity index (χ3n) is 2.46. The lowest BCUT2D eigenvalue weighted by Crippen LogP contribution is -2.15. The molecule has 0 bridgehead atoms. The lowest BCUT2D eigenvalue weighted by Gasteiger charge is -2.17. The van der Waals surface area contributed by atoms with Crippen LogP contribution in [0.15, 0.2) is 24.3 Å². The minimum absolute atomic E-state index is 0.0657. The van der Waals surface area contributed by atoms with Gasteiger partial charge in [-0.05, 0) is 24.0 Å². The highest BCUT2D eigenvalue weighted by Crippen LogP contribution is 2.33. The van der Waals surface area contributed by atoms with Gasteiger partial charge in [-0.3, -0.25) is 0 Å². The molecule has 1 aromatic carbocycles. The molecule has 0 aliphatic heterocycles. The molecule has 90 valence electrons. The Bertz CT molecular complexity index is 344. The number of benzene rings is 1. The Labute approximate surface area is 102 Å². The van der Waals surface area contributed by atoms with E-state index in [9.17, 15) is 13.2 Å². The molecule has 0 fully saturated rings. The van der Waals surface area contributed by atoms with Crippen molar-refractivity contribution < 1.29 is 13.2 Å². The summed E-state index contributed by atoms with van der Waals surface area (Å²) in [6, 6.07) is 5.74. The summed E-state index contributed by atoms with van der Waals surface area (Å²) in [4.78, 5) is 0.0657. The van der Waals surface area contributed by atoms with Crippen LogP contribution in [0.2, 0.25) is 0 Å². The fraction of sp³-hybridized carbons (Fsp3) is 0.500. The second kappa shape index (κ2) is 5.21. The summed E-state index contributed by atoms with van der Waals surface area (Å²) in [5.74, 6) is 0.307. The van der Waals surface area contributed by atoms with E-state index in [2.05, 4.69) is 15.9 Å². The van der Waals surface area contributed by atoms with Crippen LogP contribution in [0.4, 0.5) is 13.2 Å². The quantitative estimate of drug-likeness (QED) is 0.711. The van der Waals surface area contributed by atoms with Crippen molar-refractivity contribution in [2.24, 2.45) is 5.92 Å². The van der Waals surface area contributed by atoms with Crippen LogP contribution in [0.1, 0.15) is 25.0 Å². The van der Waals surface area contributed by atoms with Crippen molar-refractivity contribution >= 4 is 15.9 Å². The second-order valence-corrected chi connectivity index (χ2v) is 5.30. The lowest BCUT2D eigenvalue weighted by atomic mass is 9.98. The molecule has 0 radical (unpaired) electrons. The molecule has 0 nitrogen and oxygen atoms in total. The summed E-state index contributed by atoms with van der Waals surface area (Å²) in [6.45, 7) is 3.96. The molecule has 0 aromatic heterocycles. The number of halogens is 4. The van der Waals surface area contributed by atoms with Crippen LogP contribution in [-0.2, 0) is 12.6 Å². The topological polar surface area (TPSA) is 0 Å². The summed E-state index contributed by atoms with van der Waals surface area (Å²) in [5.41, 5.74) is -0.175. The smallest absolute Gasteiger partial charge is 0.166 e. The monoisotopic (exact) mass is 294 g/mol. The molecule has 0 aliphatic carbocycles. The Morgan fingerprint density at radius 3 is 2.25 bits per heavy atom. The molecule has 0 saturated carbocycles. The van der Waals surface area contributed by atoms with Crippen LogP contribution in [0.5, 0.6) is 0 Å². The van der Waals surface area contributed by atoms with E-state index >= 15 is 0 Å². The van der Waals surface area contributed by atoms with E-state index in [1.54, 1.807) is 12.1 Å². The molecule has 0 heterocycles. The van der Waals surface area contributed by atoms with Crippen LogP contribution in [-0.4, -0.2) is 4.83 Å². The van der Waals surface area contributed by atoms with Crippen LogP contribution < -0.4 is 0 Å². The zero-order valence-electron chi connectivity index (χ0n) is 9.18. The van der Waals surface area contributed by atoms with Gasteiger partial charge in [-0.15, -0.1) is 0 Å². The summed E-state index contributed by atoms with van der Waals surface area (Å²) in [6.07, 6.45) is -3.87. The van der Waals surface area contributed by atoms with Gasteiger partial charge < -0.3 is 0 Å². The number of alkyl halides is 4. The predicted molar refractivity (Wildman–Crippen MR) is 62.7 cm³/mol. The first-order valence-electron chi connectivity index (χ1n) is 5.11. The Morgan fingerprint density at radius 1 is 1.19 bits per heavy atom. The van der Waals surface area contributed by atoms with Crippen molar-refractivity contribution in [3.63, 3.8) is 0 Å². The van der Waals surface area contributed by atoms with Crippen LogP contribution in [0, 0.1) is 5.92 Å². The van der Waals surface area contributed by atoms with Crippen molar-refractivity contribution in [1.29, 1.82) is 0 Å². The SMILES string of the molecule is CC(C)C(Br)Cc1ccccc1C(F)(F)F. The van der Waals surface area contributed by atoms with E-state index in [0.717, 1.165) is 6.07 Å². The number of hydrogen-bond donors (Lipinski definition) is 0. The van der Waals surface area contributed by atoms with Gasteiger partial charge >= 0.3 is 6.18 Å². The van der Waals surface area contributed by atoms with Crippen molar-refractivity contribution in [3.8, 4) is 0 Å². The largest absolute Gasteiger partial charge is 0.416 e. The zero-order chi connectivity index (χ0) is 12.3. The molecule has 1 atom stereocenters. The molecule has 1 rings (SSSR count). The number of hydrogen-bond acceptors (Lipinski definition) is 0. The van der Waals surface area contributed by atoms with E-state index in [1.165, 1.54) is 6.07 Å². The molecule has 0 N–H and O–H groups in total. The first-order chi connectivity index (χ1) is 7.32. The Balaban J connectivity index is 2.96. The molecule has 1 aromatic rings.